The van der Waals surface area contributed by atoms with Crippen molar-refractivity contribution in [3.63, 3.8) is 0 Å². The topological polar surface area (TPSA) is 139 Å². The van der Waals surface area contributed by atoms with E-state index in [9.17, 15) is 17.6 Å². The summed E-state index contributed by atoms with van der Waals surface area (Å²) in [5, 5.41) is 0.568. The molecular formula is C47H45ClF4N6O4. The van der Waals surface area contributed by atoms with Gasteiger partial charge in [-0.15, -0.1) is 0 Å². The molecule has 4 N–H and O–H groups in total. The molecule has 2 aliphatic rings. The highest BCUT2D eigenvalue weighted by Crippen LogP contribution is 2.42. The minimum atomic E-state index is -2.92. The Morgan fingerprint density at radius 1 is 0.726 bits per heavy atom. The Kier molecular flexibility index (Phi) is 14.3. The van der Waals surface area contributed by atoms with E-state index in [0.29, 0.717) is 27.5 Å². The molecule has 322 valence electrons. The van der Waals surface area contributed by atoms with Gasteiger partial charge in [0, 0.05) is 29.7 Å². The number of hydrogen-bond acceptors (Lipinski definition) is 10. The van der Waals surface area contributed by atoms with E-state index in [-0.39, 0.29) is 37.6 Å². The molecule has 62 heavy (non-hydrogen) atoms. The van der Waals surface area contributed by atoms with Gasteiger partial charge in [0.2, 0.25) is 5.95 Å². The van der Waals surface area contributed by atoms with Crippen molar-refractivity contribution in [3.05, 3.63) is 166 Å². The van der Waals surface area contributed by atoms with Crippen molar-refractivity contribution in [2.45, 2.75) is 45.4 Å². The molecule has 0 saturated carbocycles. The van der Waals surface area contributed by atoms with Gasteiger partial charge in [0.05, 0.1) is 5.02 Å². The Morgan fingerprint density at radius 3 is 1.97 bits per heavy atom. The number of rotatable bonds is 11. The van der Waals surface area contributed by atoms with Crippen molar-refractivity contribution >= 4 is 23.6 Å². The lowest BCUT2D eigenvalue weighted by Gasteiger charge is -2.28. The number of pyridine rings is 2. The third-order valence-electron chi connectivity index (χ3n) is 10.0. The van der Waals surface area contributed by atoms with Crippen LogP contribution in [0.25, 0.3) is 22.3 Å². The second kappa shape index (κ2) is 19.8. The Hall–Kier alpha value is -6.67. The second-order valence-electron chi connectivity index (χ2n) is 14.0. The molecule has 0 bridgehead atoms. The molecule has 2 unspecified atom stereocenters. The molecule has 8 rings (SSSR count). The fourth-order valence-corrected chi connectivity index (χ4v) is 7.42. The summed E-state index contributed by atoms with van der Waals surface area (Å²) in [6.45, 7) is 4.57. The number of aryl methyl sites for hydroxylation is 2. The highest BCUT2D eigenvalue weighted by Gasteiger charge is 2.42. The molecule has 15 heteroatoms. The molecule has 2 atom stereocenters. The molecule has 2 aliphatic heterocycles. The zero-order valence-corrected chi connectivity index (χ0v) is 35.2. The molecule has 0 amide bonds. The lowest BCUT2D eigenvalue weighted by atomic mass is 9.81. The molecule has 0 saturated heterocycles. The Bertz CT molecular complexity index is 2560. The summed E-state index contributed by atoms with van der Waals surface area (Å²) in [7, 11) is 0. The number of hydrogen-bond donors (Lipinski definition) is 2. The zero-order chi connectivity index (χ0) is 44.4. The number of alkyl halides is 3. The number of nitrogens with zero attached hydrogens (tertiary/aromatic N) is 4. The molecule has 0 fully saturated rings. The number of aliphatic imine (C=N–C) groups is 2. The first-order valence-electron chi connectivity index (χ1n) is 19.6. The Labute approximate surface area is 362 Å². The predicted octanol–water partition coefficient (Wildman–Crippen LogP) is 10.1. The summed E-state index contributed by atoms with van der Waals surface area (Å²) in [4.78, 5) is 17.2. The summed E-state index contributed by atoms with van der Waals surface area (Å²) in [6.07, 6.45) is 4.82. The van der Waals surface area contributed by atoms with Crippen LogP contribution in [0.4, 0.5) is 17.6 Å². The first-order chi connectivity index (χ1) is 29.9. The number of ether oxygens (including phenoxy) is 4. The van der Waals surface area contributed by atoms with Crippen molar-refractivity contribution in [2.75, 3.05) is 26.5 Å². The van der Waals surface area contributed by atoms with Crippen LogP contribution in [0.15, 0.2) is 132 Å². The molecule has 2 aromatic heterocycles. The van der Waals surface area contributed by atoms with Crippen LogP contribution < -0.4 is 20.9 Å². The molecule has 0 radical (unpaired) electrons. The number of benzene rings is 4. The highest BCUT2D eigenvalue weighted by molar-refractivity contribution is 6.30. The van der Waals surface area contributed by atoms with Crippen molar-refractivity contribution in [2.24, 2.45) is 21.5 Å². The van der Waals surface area contributed by atoms with Gasteiger partial charge in [-0.05, 0) is 107 Å². The van der Waals surface area contributed by atoms with Crippen molar-refractivity contribution in [3.8, 4) is 33.8 Å². The fraction of sp³-hybridized carbons (Fsp3) is 0.234. The van der Waals surface area contributed by atoms with Gasteiger partial charge in [0.15, 0.2) is 11.1 Å². The van der Waals surface area contributed by atoms with Crippen LogP contribution >= 0.6 is 11.6 Å². The number of halogens is 5. The third-order valence-corrected chi connectivity index (χ3v) is 10.2. The van der Waals surface area contributed by atoms with Gasteiger partial charge in [-0.1, -0.05) is 80.0 Å². The minimum Gasteiger partial charge on any atom is -0.491 e. The van der Waals surface area contributed by atoms with E-state index in [1.165, 1.54) is 18.3 Å². The molecule has 4 aromatic carbocycles. The minimum absolute atomic E-state index is 0.0149. The first-order valence-corrected chi connectivity index (χ1v) is 20.0. The number of aromatic nitrogens is 2. The lowest BCUT2D eigenvalue weighted by molar-refractivity contribution is -0.0498. The van der Waals surface area contributed by atoms with Gasteiger partial charge < -0.3 is 30.4 Å². The normalized spacial score (nSPS) is 17.6. The average molecular weight is 869 g/mol. The average Bonchev–Trinajstić information content (AvgIpc) is 3.88. The molecule has 0 aliphatic carbocycles. The van der Waals surface area contributed by atoms with E-state index in [0.717, 1.165) is 38.9 Å². The summed E-state index contributed by atoms with van der Waals surface area (Å²) < 4.78 is 72.8. The lowest BCUT2D eigenvalue weighted by Crippen LogP contribution is -2.28. The second-order valence-corrected chi connectivity index (χ2v) is 14.5. The molecule has 4 heterocycles. The predicted molar refractivity (Wildman–Crippen MR) is 233 cm³/mol. The van der Waals surface area contributed by atoms with E-state index in [1.807, 2.05) is 75.4 Å². The maximum atomic E-state index is 14.4. The van der Waals surface area contributed by atoms with Crippen LogP contribution in [-0.4, -0.2) is 55.1 Å². The smallest absolute Gasteiger partial charge is 0.387 e. The van der Waals surface area contributed by atoms with Gasteiger partial charge in [0.25, 0.3) is 12.0 Å². The van der Waals surface area contributed by atoms with Gasteiger partial charge in [-0.3, -0.25) is 4.98 Å². The number of nitrogens with two attached hydrogens (primary N) is 2. The molecule has 10 nitrogen and oxygen atoms in total. The van der Waals surface area contributed by atoms with Crippen LogP contribution in [0.2, 0.25) is 5.02 Å². The van der Waals surface area contributed by atoms with E-state index in [4.69, 9.17) is 37.3 Å². The van der Waals surface area contributed by atoms with Gasteiger partial charge in [0.1, 0.15) is 38.0 Å². The summed E-state index contributed by atoms with van der Waals surface area (Å²) >= 11 is 6.10. The summed E-state index contributed by atoms with van der Waals surface area (Å²) in [6, 6.07) is 30.9. The molecular weight excluding hydrogens is 824 g/mol. The van der Waals surface area contributed by atoms with Crippen molar-refractivity contribution in [1.29, 1.82) is 0 Å². The van der Waals surface area contributed by atoms with Gasteiger partial charge in [-0.25, -0.2) is 19.4 Å². The van der Waals surface area contributed by atoms with E-state index < -0.39 is 30.3 Å². The zero-order valence-electron chi connectivity index (χ0n) is 34.4. The quantitative estimate of drug-likeness (QED) is 0.0969. The van der Waals surface area contributed by atoms with Crippen LogP contribution in [0.1, 0.15) is 47.2 Å². The standard InChI is InChI=1S/C23H20F3N3O2.C22H19ClFN3O2.C2H6/c1-13-8-18(20(24)28-11-13)15-4-3-5-16(10-15)23(12-30-22(27)29-23)19-7-6-17(9-14(19)2)31-21(25)26;23-19-11-16(12-26-13-19)15-2-1-3-18(10-15)22(14-29-21(25)27-22)17-4-6-20(7-5-17)28-9-8-24;1-2/h3-11,21H,12H2,1-2H3,(H2,27,29);1-7,10-13H,8-9,14H2,(H2,25,27);1-2H3. The highest BCUT2D eigenvalue weighted by atomic mass is 35.5. The van der Waals surface area contributed by atoms with E-state index >= 15 is 0 Å². The molecule has 0 spiro atoms. The van der Waals surface area contributed by atoms with Gasteiger partial charge in [-0.2, -0.15) is 13.2 Å². The Balaban J connectivity index is 0.000000199. The first kappa shape index (κ1) is 44.9. The van der Waals surface area contributed by atoms with Crippen LogP contribution in [0.3, 0.4) is 0 Å². The summed E-state index contributed by atoms with van der Waals surface area (Å²) in [5.74, 6) is 0.0623. The van der Waals surface area contributed by atoms with Gasteiger partial charge >= 0.3 is 6.61 Å². The summed E-state index contributed by atoms with van der Waals surface area (Å²) in [5.41, 5.74) is 17.6. The monoisotopic (exact) mass is 868 g/mol. The van der Waals surface area contributed by atoms with Crippen molar-refractivity contribution < 1.29 is 36.5 Å². The van der Waals surface area contributed by atoms with Crippen molar-refractivity contribution in [1.82, 2.24) is 9.97 Å². The largest absolute Gasteiger partial charge is 0.491 e. The Morgan fingerprint density at radius 2 is 1.35 bits per heavy atom. The van der Waals surface area contributed by atoms with Crippen LogP contribution in [0, 0.1) is 19.8 Å². The SMILES string of the molecule is CC.Cc1cnc(F)c(-c2cccc(C3(c4ccc(OC(F)F)cc4C)COC(N)=N3)c2)c1.NC1=NC(c2ccc(OCCF)cc2)(c2cccc(-c3cncc(Cl)c3)c2)CO1. The third kappa shape index (κ3) is 9.92. The number of amidine groups is 2. The van der Waals surface area contributed by atoms with Crippen LogP contribution in [0.5, 0.6) is 11.5 Å². The van der Waals surface area contributed by atoms with E-state index in [1.54, 1.807) is 55.7 Å². The van der Waals surface area contributed by atoms with Crippen LogP contribution in [-0.2, 0) is 20.6 Å². The van der Waals surface area contributed by atoms with E-state index in [2.05, 4.69) is 24.7 Å². The molecule has 6 aromatic rings. The maximum Gasteiger partial charge on any atom is 0.387 e. The maximum absolute atomic E-state index is 14.4. The fourth-order valence-electron chi connectivity index (χ4n) is 7.25.